The lowest BCUT2D eigenvalue weighted by Crippen LogP contribution is -2.30. The molecular weight excluding hydrogens is 396 g/mol. The number of hydrogen-bond donors (Lipinski definition) is 3. The van der Waals surface area contributed by atoms with Gasteiger partial charge in [0.05, 0.1) is 18.7 Å². The number of amides is 1. The van der Waals surface area contributed by atoms with Gasteiger partial charge in [-0.1, -0.05) is 64.7 Å². The van der Waals surface area contributed by atoms with Gasteiger partial charge in [0.15, 0.2) is 6.61 Å². The molecule has 176 valence electrons. The Kier molecular flexibility index (Phi) is 14.0. The maximum absolute atomic E-state index is 12.1. The first-order chi connectivity index (χ1) is 15.0. The van der Waals surface area contributed by atoms with Crippen molar-refractivity contribution in [1.29, 1.82) is 0 Å². The second kappa shape index (κ2) is 16.3. The number of rotatable bonds is 17. The molecule has 0 spiro atoms. The van der Waals surface area contributed by atoms with Gasteiger partial charge < -0.3 is 25.6 Å². The van der Waals surface area contributed by atoms with E-state index in [-0.39, 0.29) is 42.7 Å². The number of nitrogens with one attached hydrogen (secondary N) is 1. The van der Waals surface area contributed by atoms with Gasteiger partial charge in [-0.15, -0.1) is 0 Å². The zero-order chi connectivity index (χ0) is 22.9. The summed E-state index contributed by atoms with van der Waals surface area (Å²) in [5.74, 6) is -0.561. The van der Waals surface area contributed by atoms with Crippen LogP contribution in [0.25, 0.3) is 0 Å². The number of hydrogen-bond acceptors (Lipinski definition) is 6. The summed E-state index contributed by atoms with van der Waals surface area (Å²) in [6, 6.07) is 2.87. The van der Waals surface area contributed by atoms with Crippen LogP contribution in [0, 0.1) is 0 Å². The van der Waals surface area contributed by atoms with Crippen LogP contribution in [0.15, 0.2) is 12.1 Å². The molecule has 0 saturated heterocycles. The molecule has 0 radical (unpaired) electrons. The minimum Gasteiger partial charge on any atom is -0.506 e. The van der Waals surface area contributed by atoms with Crippen LogP contribution in [0.5, 0.6) is 11.5 Å². The first-order valence-corrected chi connectivity index (χ1v) is 11.6. The number of phenols is 1. The molecule has 4 N–H and O–H groups in total. The van der Waals surface area contributed by atoms with E-state index in [1.54, 1.807) is 6.92 Å². The molecule has 0 unspecified atom stereocenters. The summed E-state index contributed by atoms with van der Waals surface area (Å²) in [6.07, 6.45) is 12.3. The Morgan fingerprint density at radius 2 is 1.58 bits per heavy atom. The summed E-state index contributed by atoms with van der Waals surface area (Å²) in [7, 11) is 0. The predicted octanol–water partition coefficient (Wildman–Crippen LogP) is 4.50. The number of carbonyl (C=O) groups is 2. The normalized spacial score (nSPS) is 10.6. The number of carbonyl (C=O) groups excluding carboxylic acids is 2. The van der Waals surface area contributed by atoms with Gasteiger partial charge in [-0.2, -0.15) is 0 Å². The molecule has 0 atom stereocenters. The van der Waals surface area contributed by atoms with Gasteiger partial charge in [-0.25, -0.2) is 0 Å². The van der Waals surface area contributed by atoms with Gasteiger partial charge in [0, 0.05) is 12.1 Å². The van der Waals surface area contributed by atoms with Gasteiger partial charge in [0.2, 0.25) is 0 Å². The summed E-state index contributed by atoms with van der Waals surface area (Å²) in [5, 5.41) is 12.7. The molecule has 0 aliphatic rings. The Morgan fingerprint density at radius 3 is 2.19 bits per heavy atom. The fourth-order valence-electron chi connectivity index (χ4n) is 3.34. The molecule has 0 aromatic heterocycles. The summed E-state index contributed by atoms with van der Waals surface area (Å²) in [6.45, 7) is 4.62. The minimum absolute atomic E-state index is 0.0522. The molecule has 7 nitrogen and oxygen atoms in total. The first kappa shape index (κ1) is 26.6. The average molecular weight is 437 g/mol. The first-order valence-electron chi connectivity index (χ1n) is 11.6. The van der Waals surface area contributed by atoms with Gasteiger partial charge in [-0.05, 0) is 25.5 Å². The molecule has 1 aromatic rings. The number of aromatic hydroxyl groups is 1. The lowest BCUT2D eigenvalue weighted by molar-refractivity contribution is -0.142. The van der Waals surface area contributed by atoms with Crippen molar-refractivity contribution < 1.29 is 24.2 Å². The number of nitrogens with two attached hydrogens (primary N) is 1. The summed E-state index contributed by atoms with van der Waals surface area (Å²) >= 11 is 0. The Balaban J connectivity index is 2.26. The highest BCUT2D eigenvalue weighted by molar-refractivity contribution is 5.79. The zero-order valence-electron chi connectivity index (χ0n) is 19.2. The van der Waals surface area contributed by atoms with Crippen LogP contribution < -0.4 is 15.8 Å². The summed E-state index contributed by atoms with van der Waals surface area (Å²) in [5.41, 5.74) is 6.25. The third-order valence-electron chi connectivity index (χ3n) is 5.13. The Bertz CT molecular complexity index is 664. The van der Waals surface area contributed by atoms with Crippen LogP contribution in [-0.2, 0) is 20.7 Å². The van der Waals surface area contributed by atoms with E-state index < -0.39 is 5.97 Å². The molecule has 0 saturated carbocycles. The van der Waals surface area contributed by atoms with Crippen molar-refractivity contribution in [2.45, 2.75) is 84.5 Å². The largest absolute Gasteiger partial charge is 0.506 e. The van der Waals surface area contributed by atoms with Crippen molar-refractivity contribution in [3.63, 3.8) is 0 Å². The number of benzene rings is 1. The molecule has 1 amide bonds. The van der Waals surface area contributed by atoms with Crippen molar-refractivity contribution >= 4 is 17.6 Å². The zero-order valence-corrected chi connectivity index (χ0v) is 19.2. The van der Waals surface area contributed by atoms with E-state index in [2.05, 4.69) is 12.2 Å². The molecule has 0 bridgehead atoms. The van der Waals surface area contributed by atoms with E-state index in [0.717, 1.165) is 12.8 Å². The van der Waals surface area contributed by atoms with Crippen LogP contribution in [0.1, 0.15) is 83.6 Å². The lowest BCUT2D eigenvalue weighted by atomic mass is 10.1. The maximum Gasteiger partial charge on any atom is 0.310 e. The van der Waals surface area contributed by atoms with Gasteiger partial charge in [0.1, 0.15) is 11.5 Å². The Morgan fingerprint density at radius 1 is 0.968 bits per heavy atom. The summed E-state index contributed by atoms with van der Waals surface area (Å²) in [4.78, 5) is 23.9. The van der Waals surface area contributed by atoms with Crippen LogP contribution in [0.3, 0.4) is 0 Å². The molecule has 7 heteroatoms. The number of nitrogen functional groups attached to an aromatic ring is 1. The molecular formula is C24H40N2O5. The Labute approximate surface area is 186 Å². The molecule has 0 aliphatic heterocycles. The van der Waals surface area contributed by atoms with Gasteiger partial charge in [0.25, 0.3) is 5.91 Å². The second-order valence-electron chi connectivity index (χ2n) is 7.78. The Hall–Kier alpha value is -2.44. The number of unbranched alkanes of at least 4 members (excludes halogenated alkanes) is 9. The molecule has 31 heavy (non-hydrogen) atoms. The topological polar surface area (TPSA) is 111 Å². The van der Waals surface area contributed by atoms with E-state index in [9.17, 15) is 14.7 Å². The van der Waals surface area contributed by atoms with Crippen molar-refractivity contribution in [3.8, 4) is 11.5 Å². The van der Waals surface area contributed by atoms with Crippen LogP contribution in [0.2, 0.25) is 0 Å². The maximum atomic E-state index is 12.1. The lowest BCUT2D eigenvalue weighted by Gasteiger charge is -2.14. The predicted molar refractivity (Wildman–Crippen MR) is 123 cm³/mol. The smallest absolute Gasteiger partial charge is 0.310 e. The van der Waals surface area contributed by atoms with E-state index in [4.69, 9.17) is 15.2 Å². The van der Waals surface area contributed by atoms with Crippen molar-refractivity contribution in [2.75, 3.05) is 25.5 Å². The van der Waals surface area contributed by atoms with Crippen LogP contribution in [-0.4, -0.2) is 36.7 Å². The quantitative estimate of drug-likeness (QED) is 0.144. The van der Waals surface area contributed by atoms with E-state index in [1.165, 1.54) is 63.5 Å². The minimum atomic E-state index is -0.477. The van der Waals surface area contributed by atoms with Gasteiger partial charge >= 0.3 is 5.97 Å². The number of anilines is 1. The van der Waals surface area contributed by atoms with E-state index in [0.29, 0.717) is 12.1 Å². The molecule has 0 heterocycles. The number of esters is 1. The van der Waals surface area contributed by atoms with Crippen LogP contribution in [0.4, 0.5) is 5.69 Å². The highest BCUT2D eigenvalue weighted by Gasteiger charge is 2.17. The molecule has 0 fully saturated rings. The monoisotopic (exact) mass is 436 g/mol. The van der Waals surface area contributed by atoms with Crippen LogP contribution >= 0.6 is 0 Å². The van der Waals surface area contributed by atoms with E-state index in [1.807, 2.05) is 0 Å². The highest BCUT2D eigenvalue weighted by Crippen LogP contribution is 2.32. The fraction of sp³-hybridized carbons (Fsp3) is 0.667. The number of phenolic OH excluding ortho intramolecular Hbond substituents is 1. The summed E-state index contributed by atoms with van der Waals surface area (Å²) < 4.78 is 10.5. The van der Waals surface area contributed by atoms with Crippen molar-refractivity contribution in [3.05, 3.63) is 17.7 Å². The molecule has 1 rings (SSSR count). The average Bonchev–Trinajstić information content (AvgIpc) is 2.75. The number of ether oxygens (including phenoxy) is 2. The van der Waals surface area contributed by atoms with Crippen molar-refractivity contribution in [1.82, 2.24) is 5.32 Å². The molecule has 0 aliphatic carbocycles. The SMILES string of the molecule is CCCCCCCCCCCCNC(=O)COc1ccc(O)c(N)c1CC(=O)OCC. The van der Waals surface area contributed by atoms with Gasteiger partial charge in [-0.3, -0.25) is 9.59 Å². The third-order valence-corrected chi connectivity index (χ3v) is 5.13. The van der Waals surface area contributed by atoms with Crippen molar-refractivity contribution in [2.24, 2.45) is 0 Å². The highest BCUT2D eigenvalue weighted by atomic mass is 16.5. The second-order valence-corrected chi connectivity index (χ2v) is 7.78. The van der Waals surface area contributed by atoms with E-state index >= 15 is 0 Å². The molecule has 1 aromatic carbocycles. The fourth-order valence-corrected chi connectivity index (χ4v) is 3.34. The standard InChI is InChI=1S/C24H40N2O5/c1-3-5-6-7-8-9-10-11-12-13-16-26-22(28)18-31-21-15-14-20(27)24(25)19(21)17-23(29)30-4-2/h14-15,27H,3-13,16-18,25H2,1-2H3,(H,26,28). The third kappa shape index (κ3) is 11.5.